The summed E-state index contributed by atoms with van der Waals surface area (Å²) in [7, 11) is 0. The summed E-state index contributed by atoms with van der Waals surface area (Å²) in [5.41, 5.74) is 4.98. The molecule has 0 saturated carbocycles. The lowest BCUT2D eigenvalue weighted by atomic mass is 9.91. The van der Waals surface area contributed by atoms with Gasteiger partial charge in [-0.2, -0.15) is 0 Å². The average molecular weight is 271 g/mol. The highest BCUT2D eigenvalue weighted by atomic mass is 15.2. The Morgan fingerprint density at radius 2 is 1.80 bits per heavy atom. The van der Waals surface area contributed by atoms with E-state index in [4.69, 9.17) is 10.8 Å². The van der Waals surface area contributed by atoms with Gasteiger partial charge in [0, 0.05) is 5.39 Å². The maximum atomic E-state index is 5.74. The first-order valence-electron chi connectivity index (χ1n) is 7.42. The van der Waals surface area contributed by atoms with Crippen LogP contribution in [0.3, 0.4) is 0 Å². The lowest BCUT2D eigenvalue weighted by molar-refractivity contribution is 0.355. The summed E-state index contributed by atoms with van der Waals surface area (Å²) in [5, 5.41) is 1.17. The molecular formula is C17H25N3. The van der Waals surface area contributed by atoms with Gasteiger partial charge in [0.1, 0.15) is 0 Å². The molecule has 2 aromatic rings. The van der Waals surface area contributed by atoms with Crippen molar-refractivity contribution in [3.05, 3.63) is 42.1 Å². The van der Waals surface area contributed by atoms with Gasteiger partial charge in [-0.15, -0.1) is 0 Å². The zero-order chi connectivity index (χ0) is 14.5. The molecule has 2 atom stereocenters. The molecule has 0 aliphatic rings. The fraction of sp³-hybridized carbons (Fsp3) is 0.471. The van der Waals surface area contributed by atoms with Crippen molar-refractivity contribution in [2.24, 2.45) is 17.7 Å². The molecule has 0 aliphatic carbocycles. The molecule has 2 rings (SSSR count). The highest BCUT2D eigenvalue weighted by molar-refractivity contribution is 5.78. The van der Waals surface area contributed by atoms with Gasteiger partial charge in [-0.05, 0) is 36.8 Å². The van der Waals surface area contributed by atoms with Gasteiger partial charge >= 0.3 is 0 Å². The number of nitrogens with one attached hydrogen (secondary N) is 1. The monoisotopic (exact) mass is 271 g/mol. The molecule has 3 N–H and O–H groups in total. The quantitative estimate of drug-likeness (QED) is 0.620. The highest BCUT2D eigenvalue weighted by Crippen LogP contribution is 2.25. The number of hydrogen-bond donors (Lipinski definition) is 2. The Kier molecular flexibility index (Phi) is 5.10. The third-order valence-electron chi connectivity index (χ3n) is 3.69. The SMILES string of the molecule is CC(C)CC(C)CC(NN)c1ccc2ccccc2n1. The van der Waals surface area contributed by atoms with Crippen molar-refractivity contribution < 1.29 is 0 Å². The van der Waals surface area contributed by atoms with Crippen LogP contribution in [0, 0.1) is 11.8 Å². The van der Waals surface area contributed by atoms with Crippen LogP contribution in [-0.4, -0.2) is 4.98 Å². The number of rotatable bonds is 6. The second-order valence-corrected chi connectivity index (χ2v) is 6.12. The van der Waals surface area contributed by atoms with Crippen LogP contribution >= 0.6 is 0 Å². The second-order valence-electron chi connectivity index (χ2n) is 6.12. The molecule has 0 bridgehead atoms. The van der Waals surface area contributed by atoms with E-state index in [1.54, 1.807) is 0 Å². The Labute approximate surface area is 121 Å². The number of aromatic nitrogens is 1. The van der Waals surface area contributed by atoms with Crippen LogP contribution in [0.1, 0.15) is 45.3 Å². The lowest BCUT2D eigenvalue weighted by Crippen LogP contribution is -2.30. The van der Waals surface area contributed by atoms with Gasteiger partial charge in [-0.25, -0.2) is 0 Å². The summed E-state index contributed by atoms with van der Waals surface area (Å²) in [4.78, 5) is 4.74. The van der Waals surface area contributed by atoms with E-state index in [0.717, 1.165) is 17.6 Å². The van der Waals surface area contributed by atoms with E-state index in [1.165, 1.54) is 11.8 Å². The maximum absolute atomic E-state index is 5.74. The van der Waals surface area contributed by atoms with Crippen LogP contribution in [0.2, 0.25) is 0 Å². The molecule has 1 aromatic heterocycles. The topological polar surface area (TPSA) is 50.9 Å². The first-order valence-corrected chi connectivity index (χ1v) is 7.42. The Bertz CT molecular complexity index is 551. The van der Waals surface area contributed by atoms with E-state index < -0.39 is 0 Å². The number of hydrogen-bond acceptors (Lipinski definition) is 3. The summed E-state index contributed by atoms with van der Waals surface area (Å²) in [6, 6.07) is 12.5. The maximum Gasteiger partial charge on any atom is 0.0706 e. The van der Waals surface area contributed by atoms with Crippen molar-refractivity contribution in [1.29, 1.82) is 0 Å². The molecule has 1 aromatic carbocycles. The van der Waals surface area contributed by atoms with Crippen LogP contribution in [0.5, 0.6) is 0 Å². The smallest absolute Gasteiger partial charge is 0.0706 e. The molecule has 0 fully saturated rings. The fourth-order valence-electron chi connectivity index (χ4n) is 2.85. The Morgan fingerprint density at radius 3 is 2.50 bits per heavy atom. The number of benzene rings is 1. The molecule has 0 aliphatic heterocycles. The summed E-state index contributed by atoms with van der Waals surface area (Å²) in [6.45, 7) is 6.80. The minimum Gasteiger partial charge on any atom is -0.271 e. The van der Waals surface area contributed by atoms with Crippen molar-refractivity contribution in [1.82, 2.24) is 10.4 Å². The Hall–Kier alpha value is -1.45. The molecule has 20 heavy (non-hydrogen) atoms. The normalized spacial score (nSPS) is 14.7. The van der Waals surface area contributed by atoms with E-state index in [-0.39, 0.29) is 6.04 Å². The summed E-state index contributed by atoms with van der Waals surface area (Å²) < 4.78 is 0. The molecule has 0 spiro atoms. The van der Waals surface area contributed by atoms with Gasteiger partial charge in [-0.1, -0.05) is 45.0 Å². The van der Waals surface area contributed by atoms with Gasteiger partial charge in [0.15, 0.2) is 0 Å². The van der Waals surface area contributed by atoms with Crippen molar-refractivity contribution >= 4 is 10.9 Å². The van der Waals surface area contributed by atoms with Gasteiger partial charge < -0.3 is 0 Å². The molecule has 0 saturated heterocycles. The average Bonchev–Trinajstić information content (AvgIpc) is 2.43. The van der Waals surface area contributed by atoms with Gasteiger partial charge in [-0.3, -0.25) is 16.3 Å². The summed E-state index contributed by atoms with van der Waals surface area (Å²) in [6.07, 6.45) is 2.23. The molecule has 2 unspecified atom stereocenters. The molecule has 0 amide bonds. The van der Waals surface area contributed by atoms with Gasteiger partial charge in [0.25, 0.3) is 0 Å². The van der Waals surface area contributed by atoms with Crippen LogP contribution in [0.15, 0.2) is 36.4 Å². The number of pyridine rings is 1. The Morgan fingerprint density at radius 1 is 1.05 bits per heavy atom. The van der Waals surface area contributed by atoms with Crippen LogP contribution in [0.25, 0.3) is 10.9 Å². The predicted octanol–water partition coefficient (Wildman–Crippen LogP) is 3.81. The zero-order valence-electron chi connectivity index (χ0n) is 12.6. The lowest BCUT2D eigenvalue weighted by Gasteiger charge is -2.21. The standard InChI is InChI=1S/C17H25N3/c1-12(2)10-13(3)11-17(20-18)16-9-8-14-6-4-5-7-15(14)19-16/h4-9,12-13,17,20H,10-11,18H2,1-3H3. The largest absolute Gasteiger partial charge is 0.271 e. The second kappa shape index (κ2) is 6.82. The molecule has 0 radical (unpaired) electrons. The van der Waals surface area contributed by atoms with Crippen molar-refractivity contribution in [3.63, 3.8) is 0 Å². The molecule has 3 heteroatoms. The number of nitrogens with two attached hydrogens (primary N) is 1. The predicted molar refractivity (Wildman–Crippen MR) is 85.0 cm³/mol. The summed E-state index contributed by atoms with van der Waals surface area (Å²) >= 11 is 0. The minimum atomic E-state index is 0.119. The first-order chi connectivity index (χ1) is 9.60. The van der Waals surface area contributed by atoms with E-state index in [1.807, 2.05) is 18.2 Å². The minimum absolute atomic E-state index is 0.119. The van der Waals surface area contributed by atoms with E-state index >= 15 is 0 Å². The van der Waals surface area contributed by atoms with E-state index in [9.17, 15) is 0 Å². The number of nitrogens with zero attached hydrogens (tertiary/aromatic N) is 1. The number of para-hydroxylation sites is 1. The zero-order valence-corrected chi connectivity index (χ0v) is 12.6. The van der Waals surface area contributed by atoms with Crippen molar-refractivity contribution in [3.8, 4) is 0 Å². The Balaban J connectivity index is 2.16. The van der Waals surface area contributed by atoms with E-state index in [0.29, 0.717) is 11.8 Å². The number of hydrazine groups is 1. The molecule has 108 valence electrons. The third-order valence-corrected chi connectivity index (χ3v) is 3.69. The molecular weight excluding hydrogens is 246 g/mol. The number of fused-ring (bicyclic) bond motifs is 1. The third kappa shape index (κ3) is 3.78. The molecule has 3 nitrogen and oxygen atoms in total. The van der Waals surface area contributed by atoms with Gasteiger partial charge in [0.05, 0.1) is 17.3 Å². The van der Waals surface area contributed by atoms with E-state index in [2.05, 4.69) is 44.4 Å². The van der Waals surface area contributed by atoms with Crippen LogP contribution in [0.4, 0.5) is 0 Å². The first kappa shape index (κ1) is 14.9. The van der Waals surface area contributed by atoms with Crippen molar-refractivity contribution in [2.75, 3.05) is 0 Å². The fourth-order valence-corrected chi connectivity index (χ4v) is 2.85. The van der Waals surface area contributed by atoms with Crippen molar-refractivity contribution in [2.45, 2.75) is 39.7 Å². The van der Waals surface area contributed by atoms with Crippen LogP contribution < -0.4 is 11.3 Å². The summed E-state index contributed by atoms with van der Waals surface area (Å²) in [5.74, 6) is 7.08. The van der Waals surface area contributed by atoms with Gasteiger partial charge in [0.2, 0.25) is 0 Å². The highest BCUT2D eigenvalue weighted by Gasteiger charge is 2.16. The van der Waals surface area contributed by atoms with Crippen LogP contribution in [-0.2, 0) is 0 Å². The molecule has 1 heterocycles.